The minimum atomic E-state index is -4.68. The zero-order valence-electron chi connectivity index (χ0n) is 20.6. The van der Waals surface area contributed by atoms with Crippen LogP contribution in [-0.4, -0.2) is 54.0 Å². The van der Waals surface area contributed by atoms with E-state index in [-0.39, 0.29) is 35.2 Å². The van der Waals surface area contributed by atoms with E-state index in [0.717, 1.165) is 48.8 Å². The van der Waals surface area contributed by atoms with E-state index < -0.39 is 26.5 Å². The summed E-state index contributed by atoms with van der Waals surface area (Å²) in [5.74, 6) is 0.732. The van der Waals surface area contributed by atoms with Crippen LogP contribution in [0.2, 0.25) is 0 Å². The Balaban J connectivity index is 1.26. The highest BCUT2D eigenvalue weighted by Gasteiger charge is 2.32. The number of rotatable bonds is 8. The molecule has 1 aliphatic heterocycles. The molecule has 0 bridgehead atoms. The molecule has 1 fully saturated rings. The number of alkyl halides is 3. The molecule has 13 heteroatoms. The van der Waals surface area contributed by atoms with Crippen molar-refractivity contribution in [2.24, 2.45) is 5.92 Å². The second-order valence-electron chi connectivity index (χ2n) is 9.41. The summed E-state index contributed by atoms with van der Waals surface area (Å²) in [5.41, 5.74) is -0.265. The fourth-order valence-corrected chi connectivity index (χ4v) is 6.31. The minimum Gasteiger partial charge on any atom is -0.377 e. The van der Waals surface area contributed by atoms with Gasteiger partial charge in [-0.25, -0.2) is 18.4 Å². The highest BCUT2D eigenvalue weighted by Crippen LogP contribution is 2.34. The summed E-state index contributed by atoms with van der Waals surface area (Å²) in [6.07, 6.45) is 0.497. The molecule has 0 radical (unpaired) electrons. The number of anilines is 2. The van der Waals surface area contributed by atoms with Crippen LogP contribution in [0.1, 0.15) is 24.8 Å². The summed E-state index contributed by atoms with van der Waals surface area (Å²) in [6, 6.07) is 9.47. The normalized spacial score (nSPS) is 16.4. The highest BCUT2D eigenvalue weighted by molar-refractivity contribution is 7.91. The van der Waals surface area contributed by atoms with Crippen LogP contribution >= 0.6 is 0 Å². The highest BCUT2D eigenvalue weighted by atomic mass is 32.2. The molecular formula is C26H25F3N6O3S. The molecule has 4 aromatic rings. The summed E-state index contributed by atoms with van der Waals surface area (Å²) in [5, 5.41) is 10.6. The van der Waals surface area contributed by atoms with Crippen LogP contribution in [0.4, 0.5) is 24.7 Å². The number of aromatic nitrogens is 4. The molecule has 0 aliphatic carbocycles. The second kappa shape index (κ2) is 10.6. The number of hydrogen-bond acceptors (Lipinski definition) is 8. The van der Waals surface area contributed by atoms with Gasteiger partial charge in [0.25, 0.3) is 0 Å². The first-order valence-corrected chi connectivity index (χ1v) is 13.8. The third-order valence-electron chi connectivity index (χ3n) is 6.69. The maximum Gasteiger partial charge on any atom is 0.416 e. The molecule has 9 nitrogen and oxygen atoms in total. The van der Waals surface area contributed by atoms with Gasteiger partial charge in [-0.05, 0) is 49.1 Å². The van der Waals surface area contributed by atoms with Crippen molar-refractivity contribution in [3.63, 3.8) is 0 Å². The van der Waals surface area contributed by atoms with E-state index in [4.69, 9.17) is 0 Å². The molecule has 2 N–H and O–H groups in total. The zero-order chi connectivity index (χ0) is 27.6. The summed E-state index contributed by atoms with van der Waals surface area (Å²) in [7, 11) is -4.28. The van der Waals surface area contributed by atoms with Gasteiger partial charge in [-0.3, -0.25) is 9.89 Å². The second-order valence-corrected chi connectivity index (χ2v) is 11.3. The molecule has 5 rings (SSSR count). The van der Waals surface area contributed by atoms with E-state index in [1.807, 2.05) is 0 Å². The lowest BCUT2D eigenvalue weighted by molar-refractivity contribution is -0.137. The fourth-order valence-electron chi connectivity index (χ4n) is 4.83. The molecule has 0 unspecified atom stereocenters. The first-order chi connectivity index (χ1) is 18.6. The van der Waals surface area contributed by atoms with E-state index in [9.17, 15) is 26.4 Å². The molecule has 2 aromatic carbocycles. The van der Waals surface area contributed by atoms with Crippen molar-refractivity contribution in [2.75, 3.05) is 29.9 Å². The predicted molar refractivity (Wildman–Crippen MR) is 138 cm³/mol. The lowest BCUT2D eigenvalue weighted by Crippen LogP contribution is -2.37. The van der Waals surface area contributed by atoms with E-state index in [0.29, 0.717) is 18.3 Å². The average Bonchev–Trinajstić information content (AvgIpc) is 3.41. The Morgan fingerprint density at radius 3 is 2.77 bits per heavy atom. The maximum absolute atomic E-state index is 13.2. The van der Waals surface area contributed by atoms with Crippen molar-refractivity contribution >= 4 is 38.2 Å². The smallest absolute Gasteiger partial charge is 0.377 e. The number of ketones is 1. The van der Waals surface area contributed by atoms with Gasteiger partial charge in [0.2, 0.25) is 9.84 Å². The van der Waals surface area contributed by atoms with Crippen LogP contribution in [0.3, 0.4) is 0 Å². The lowest BCUT2D eigenvalue weighted by atomic mass is 9.92. The molecule has 1 saturated heterocycles. The first-order valence-electron chi connectivity index (χ1n) is 12.3. The number of nitrogens with one attached hydrogen (secondary N) is 2. The lowest BCUT2D eigenvalue weighted by Gasteiger charge is -2.33. The number of piperidine rings is 1. The number of benzene rings is 2. The standard InChI is InChI=1S/C26H25F3N6O3S/c27-26(28,29)18-6-3-7-20(12-18)39(37,38)23-9-2-1-8-22(23)30-13-19(36)11-17-5-4-10-35(15-17)25-21-14-33-34-24(21)31-16-32-25/h1-3,6-9,12,14,16-17,30H,4-5,10-11,13,15H2,(H,31,32,33,34)/t17-/m0/s1. The Morgan fingerprint density at radius 1 is 1.13 bits per heavy atom. The van der Waals surface area contributed by atoms with Crippen LogP contribution in [-0.2, 0) is 20.8 Å². The van der Waals surface area contributed by atoms with Gasteiger partial charge >= 0.3 is 6.18 Å². The van der Waals surface area contributed by atoms with Crippen molar-refractivity contribution in [3.05, 3.63) is 66.6 Å². The number of fused-ring (bicyclic) bond motifs is 1. The van der Waals surface area contributed by atoms with Gasteiger partial charge in [-0.1, -0.05) is 18.2 Å². The molecule has 3 heterocycles. The van der Waals surface area contributed by atoms with Crippen molar-refractivity contribution < 1.29 is 26.4 Å². The summed E-state index contributed by atoms with van der Waals surface area (Å²) in [4.78, 5) is 22.9. The third-order valence-corrected chi connectivity index (χ3v) is 8.50. The Kier molecular flexibility index (Phi) is 7.25. The van der Waals surface area contributed by atoms with Crippen molar-refractivity contribution in [1.29, 1.82) is 0 Å². The van der Waals surface area contributed by atoms with Crippen LogP contribution in [0.5, 0.6) is 0 Å². The number of carbonyl (C=O) groups excluding carboxylic acids is 1. The fraction of sp³-hybridized carbons (Fsp3) is 0.308. The van der Waals surface area contributed by atoms with Gasteiger partial charge in [0.05, 0.1) is 39.2 Å². The van der Waals surface area contributed by atoms with Crippen LogP contribution < -0.4 is 10.2 Å². The number of carbonyl (C=O) groups is 1. The van der Waals surface area contributed by atoms with Gasteiger partial charge in [-0.15, -0.1) is 0 Å². The molecule has 0 spiro atoms. The van der Waals surface area contributed by atoms with Gasteiger partial charge in [-0.2, -0.15) is 18.3 Å². The number of halogens is 3. The zero-order valence-corrected chi connectivity index (χ0v) is 21.5. The number of sulfone groups is 1. The Hall–Kier alpha value is -4.00. The van der Waals surface area contributed by atoms with Gasteiger partial charge in [0, 0.05) is 19.5 Å². The van der Waals surface area contributed by atoms with E-state index in [1.54, 1.807) is 12.3 Å². The molecular weight excluding hydrogens is 533 g/mol. The number of H-pyrrole nitrogens is 1. The minimum absolute atomic E-state index is 0.0778. The van der Waals surface area contributed by atoms with Crippen molar-refractivity contribution in [1.82, 2.24) is 20.2 Å². The molecule has 2 aromatic heterocycles. The van der Waals surface area contributed by atoms with E-state index >= 15 is 0 Å². The van der Waals surface area contributed by atoms with Crippen molar-refractivity contribution in [2.45, 2.75) is 35.2 Å². The van der Waals surface area contributed by atoms with Crippen LogP contribution in [0, 0.1) is 5.92 Å². The number of aromatic amines is 1. The third kappa shape index (κ3) is 5.72. The molecule has 204 valence electrons. The Bertz CT molecular complexity index is 1610. The van der Waals surface area contributed by atoms with E-state index in [1.165, 1.54) is 24.5 Å². The summed E-state index contributed by atoms with van der Waals surface area (Å²) >= 11 is 0. The number of Topliss-reactive ketones (excluding diaryl/α,β-unsaturated/α-hetero) is 1. The monoisotopic (exact) mass is 558 g/mol. The average molecular weight is 559 g/mol. The number of para-hydroxylation sites is 1. The summed E-state index contributed by atoms with van der Waals surface area (Å²) < 4.78 is 65.9. The van der Waals surface area contributed by atoms with Crippen LogP contribution in [0.15, 0.2) is 70.8 Å². The SMILES string of the molecule is O=C(CNc1ccccc1S(=O)(=O)c1cccc(C(F)(F)F)c1)C[C@@H]1CCCN(c2ncnc3[nH]ncc23)C1. The molecule has 1 atom stereocenters. The molecule has 1 aliphatic rings. The Labute approximate surface area is 222 Å². The quantitative estimate of drug-likeness (QED) is 0.325. The van der Waals surface area contributed by atoms with Gasteiger partial charge in [0.15, 0.2) is 11.4 Å². The predicted octanol–water partition coefficient (Wildman–Crippen LogP) is 4.49. The van der Waals surface area contributed by atoms with Crippen LogP contribution in [0.25, 0.3) is 11.0 Å². The Morgan fingerprint density at radius 2 is 1.95 bits per heavy atom. The van der Waals surface area contributed by atoms with Gasteiger partial charge < -0.3 is 10.2 Å². The topological polar surface area (TPSA) is 121 Å². The molecule has 0 amide bonds. The largest absolute Gasteiger partial charge is 0.416 e. The molecule has 39 heavy (non-hydrogen) atoms. The van der Waals surface area contributed by atoms with Gasteiger partial charge in [0.1, 0.15) is 12.1 Å². The maximum atomic E-state index is 13.2. The van der Waals surface area contributed by atoms with Crippen molar-refractivity contribution in [3.8, 4) is 0 Å². The number of hydrogen-bond donors (Lipinski definition) is 2. The number of nitrogens with zero attached hydrogens (tertiary/aromatic N) is 4. The van der Waals surface area contributed by atoms with E-state index in [2.05, 4.69) is 30.4 Å². The summed E-state index contributed by atoms with van der Waals surface area (Å²) in [6.45, 7) is 1.30. The first kappa shape index (κ1) is 26.6. The molecule has 0 saturated carbocycles.